The highest BCUT2D eigenvalue weighted by Crippen LogP contribution is 2.41. The molecule has 1 aliphatic carbocycles. The first-order valence-electron chi connectivity index (χ1n) is 6.13. The van der Waals surface area contributed by atoms with Gasteiger partial charge in [0.2, 0.25) is 0 Å². The topological polar surface area (TPSA) is 45.1 Å². The molecule has 2 rings (SSSR count). The average molecular weight is 240 g/mol. The fraction of sp³-hybridized carbons (Fsp3) is 0.750. The summed E-state index contributed by atoms with van der Waals surface area (Å²) in [6.45, 7) is 3.62. The number of aliphatic hydroxyl groups is 1. The minimum atomic E-state index is -0.208. The molecule has 1 aromatic heterocycles. The molecule has 1 saturated carbocycles. The molecule has 0 radical (unpaired) electrons. The number of rotatable bonds is 7. The third-order valence-corrected chi connectivity index (χ3v) is 3.96. The van der Waals surface area contributed by atoms with Gasteiger partial charge >= 0.3 is 0 Å². The Balaban J connectivity index is 1.68. The van der Waals surface area contributed by atoms with Crippen molar-refractivity contribution in [1.29, 1.82) is 0 Å². The largest absolute Gasteiger partial charge is 0.392 e. The minimum absolute atomic E-state index is 0.208. The molecule has 1 aliphatic rings. The summed E-state index contributed by atoms with van der Waals surface area (Å²) in [7, 11) is 0. The van der Waals surface area contributed by atoms with Crippen molar-refractivity contribution in [2.75, 3.05) is 6.54 Å². The predicted octanol–water partition coefficient (Wildman–Crippen LogP) is 2.27. The van der Waals surface area contributed by atoms with Crippen LogP contribution in [0.1, 0.15) is 48.4 Å². The van der Waals surface area contributed by atoms with Crippen molar-refractivity contribution < 1.29 is 5.11 Å². The Morgan fingerprint density at radius 1 is 1.62 bits per heavy atom. The molecule has 0 spiro atoms. The molecule has 4 heteroatoms. The number of nitrogens with one attached hydrogen (secondary N) is 1. The summed E-state index contributed by atoms with van der Waals surface area (Å²) in [6, 6.07) is 0. The van der Waals surface area contributed by atoms with Crippen molar-refractivity contribution in [2.24, 2.45) is 0 Å². The molecule has 1 fully saturated rings. The van der Waals surface area contributed by atoms with Gasteiger partial charge in [0.05, 0.1) is 11.1 Å². The normalized spacial score (nSPS) is 17.6. The van der Waals surface area contributed by atoms with Gasteiger partial charge in [0.15, 0.2) is 0 Å². The third-order valence-electron chi connectivity index (χ3n) is 2.80. The van der Waals surface area contributed by atoms with Crippen molar-refractivity contribution in [3.8, 4) is 0 Å². The van der Waals surface area contributed by atoms with E-state index in [9.17, 15) is 5.11 Å². The van der Waals surface area contributed by atoms with Crippen molar-refractivity contribution >= 4 is 11.3 Å². The number of aliphatic hydroxyl groups excluding tert-OH is 1. The van der Waals surface area contributed by atoms with Gasteiger partial charge in [-0.25, -0.2) is 4.98 Å². The fourth-order valence-corrected chi connectivity index (χ4v) is 2.78. The second-order valence-corrected chi connectivity index (χ2v) is 5.66. The van der Waals surface area contributed by atoms with Crippen LogP contribution in [-0.4, -0.2) is 22.7 Å². The molecule has 3 nitrogen and oxygen atoms in total. The van der Waals surface area contributed by atoms with Gasteiger partial charge in [-0.15, -0.1) is 11.3 Å². The van der Waals surface area contributed by atoms with E-state index in [0.29, 0.717) is 6.54 Å². The fourth-order valence-electron chi connectivity index (χ4n) is 1.72. The maximum atomic E-state index is 9.56. The van der Waals surface area contributed by atoms with E-state index in [1.165, 1.54) is 22.7 Å². The molecule has 1 heterocycles. The first-order chi connectivity index (χ1) is 7.79. The van der Waals surface area contributed by atoms with E-state index in [2.05, 4.69) is 17.2 Å². The first-order valence-corrected chi connectivity index (χ1v) is 6.94. The summed E-state index contributed by atoms with van der Waals surface area (Å²) >= 11 is 1.81. The Morgan fingerprint density at radius 3 is 3.12 bits per heavy atom. The third kappa shape index (κ3) is 3.54. The van der Waals surface area contributed by atoms with Gasteiger partial charge in [-0.05, 0) is 19.3 Å². The first kappa shape index (κ1) is 12.0. The second-order valence-electron chi connectivity index (χ2n) is 4.51. The molecule has 16 heavy (non-hydrogen) atoms. The Bertz CT molecular complexity index is 323. The van der Waals surface area contributed by atoms with E-state index < -0.39 is 0 Å². The Hall–Kier alpha value is -0.450. The van der Waals surface area contributed by atoms with E-state index in [-0.39, 0.29) is 6.10 Å². The molecule has 1 atom stereocenters. The van der Waals surface area contributed by atoms with Crippen LogP contribution in [0, 0.1) is 0 Å². The van der Waals surface area contributed by atoms with Gasteiger partial charge in [0.25, 0.3) is 0 Å². The van der Waals surface area contributed by atoms with Crippen LogP contribution in [0.4, 0.5) is 0 Å². The lowest BCUT2D eigenvalue weighted by molar-refractivity contribution is 0.160. The van der Waals surface area contributed by atoms with E-state index in [0.717, 1.165) is 25.3 Å². The number of nitrogens with zero attached hydrogens (tertiary/aromatic N) is 1. The number of thiazole rings is 1. The zero-order valence-electron chi connectivity index (χ0n) is 9.78. The molecule has 0 bridgehead atoms. The molecule has 1 unspecified atom stereocenters. The molecule has 1 aromatic rings. The summed E-state index contributed by atoms with van der Waals surface area (Å²) in [5.74, 6) is 0.754. The van der Waals surface area contributed by atoms with Crippen molar-refractivity contribution in [2.45, 2.75) is 51.2 Å². The number of hydrogen-bond acceptors (Lipinski definition) is 4. The summed E-state index contributed by atoms with van der Waals surface area (Å²) < 4.78 is 0. The summed E-state index contributed by atoms with van der Waals surface area (Å²) in [4.78, 5) is 5.71. The van der Waals surface area contributed by atoms with Crippen LogP contribution in [0.25, 0.3) is 0 Å². The van der Waals surface area contributed by atoms with E-state index in [4.69, 9.17) is 0 Å². The average Bonchev–Trinajstić information content (AvgIpc) is 3.00. The highest BCUT2D eigenvalue weighted by molar-refractivity contribution is 7.11. The van der Waals surface area contributed by atoms with Crippen LogP contribution in [0.5, 0.6) is 0 Å². The number of aromatic nitrogens is 1. The summed E-state index contributed by atoms with van der Waals surface area (Å²) in [6.07, 6.45) is 6.31. The van der Waals surface area contributed by atoms with E-state index >= 15 is 0 Å². The summed E-state index contributed by atoms with van der Waals surface area (Å²) in [5.41, 5.74) is 0. The van der Waals surface area contributed by atoms with E-state index in [1.807, 2.05) is 17.5 Å². The quantitative estimate of drug-likeness (QED) is 0.768. The van der Waals surface area contributed by atoms with Crippen LogP contribution in [0.3, 0.4) is 0 Å². The number of hydrogen-bond donors (Lipinski definition) is 2. The van der Waals surface area contributed by atoms with Gasteiger partial charge in [0, 0.05) is 30.1 Å². The second kappa shape index (κ2) is 5.75. The lowest BCUT2D eigenvalue weighted by Crippen LogP contribution is -2.25. The monoisotopic (exact) mass is 240 g/mol. The molecular weight excluding hydrogens is 220 g/mol. The SMILES string of the molecule is CCCC(O)CNCc1cnc(C2CC2)s1. The van der Waals surface area contributed by atoms with Gasteiger partial charge in [-0.3, -0.25) is 0 Å². The Labute approximate surface area is 101 Å². The van der Waals surface area contributed by atoms with Crippen molar-refractivity contribution in [3.63, 3.8) is 0 Å². The predicted molar refractivity (Wildman–Crippen MR) is 66.7 cm³/mol. The van der Waals surface area contributed by atoms with Gasteiger partial charge in [-0.1, -0.05) is 13.3 Å². The van der Waals surface area contributed by atoms with Crippen LogP contribution >= 0.6 is 11.3 Å². The molecular formula is C12H20N2OS. The van der Waals surface area contributed by atoms with Crippen LogP contribution in [0.2, 0.25) is 0 Å². The summed E-state index contributed by atoms with van der Waals surface area (Å²) in [5, 5.41) is 14.1. The van der Waals surface area contributed by atoms with Crippen LogP contribution in [0.15, 0.2) is 6.20 Å². The van der Waals surface area contributed by atoms with Crippen LogP contribution < -0.4 is 5.32 Å². The molecule has 0 saturated heterocycles. The van der Waals surface area contributed by atoms with Crippen LogP contribution in [-0.2, 0) is 6.54 Å². The highest BCUT2D eigenvalue weighted by Gasteiger charge is 2.26. The maximum Gasteiger partial charge on any atom is 0.0959 e. The smallest absolute Gasteiger partial charge is 0.0959 e. The Kier molecular flexibility index (Phi) is 4.32. The van der Waals surface area contributed by atoms with Gasteiger partial charge in [-0.2, -0.15) is 0 Å². The molecule has 90 valence electrons. The van der Waals surface area contributed by atoms with E-state index in [1.54, 1.807) is 0 Å². The lowest BCUT2D eigenvalue weighted by atomic mass is 10.2. The molecule has 2 N–H and O–H groups in total. The molecule has 0 aromatic carbocycles. The van der Waals surface area contributed by atoms with Crippen molar-refractivity contribution in [1.82, 2.24) is 10.3 Å². The van der Waals surface area contributed by atoms with Gasteiger partial charge in [0.1, 0.15) is 0 Å². The zero-order chi connectivity index (χ0) is 11.4. The van der Waals surface area contributed by atoms with Crippen molar-refractivity contribution in [3.05, 3.63) is 16.1 Å². The maximum absolute atomic E-state index is 9.56. The lowest BCUT2D eigenvalue weighted by Gasteiger charge is -2.09. The molecule has 0 amide bonds. The minimum Gasteiger partial charge on any atom is -0.392 e. The Morgan fingerprint density at radius 2 is 2.44 bits per heavy atom. The molecule has 0 aliphatic heterocycles. The van der Waals surface area contributed by atoms with Gasteiger partial charge < -0.3 is 10.4 Å². The zero-order valence-corrected chi connectivity index (χ0v) is 10.6. The highest BCUT2D eigenvalue weighted by atomic mass is 32.1. The standard InChI is InChI=1S/C12H20N2OS/c1-2-3-10(15)6-13-7-11-8-14-12(16-11)9-4-5-9/h8-10,13,15H,2-7H2,1H3.